The molecule has 5 N–H and O–H groups in total. The van der Waals surface area contributed by atoms with E-state index in [2.05, 4.69) is 15.6 Å². The maximum absolute atomic E-state index is 12.3. The van der Waals surface area contributed by atoms with E-state index in [9.17, 15) is 9.90 Å². The molecule has 26 heavy (non-hydrogen) atoms. The number of benzene rings is 2. The van der Waals surface area contributed by atoms with Crippen LogP contribution in [-0.2, 0) is 4.79 Å². The fourth-order valence-corrected chi connectivity index (χ4v) is 3.11. The zero-order chi connectivity index (χ0) is 18.1. The van der Waals surface area contributed by atoms with Gasteiger partial charge in [0.05, 0.1) is 12.7 Å². The van der Waals surface area contributed by atoms with Crippen LogP contribution in [0, 0.1) is 0 Å². The van der Waals surface area contributed by atoms with Crippen molar-refractivity contribution in [1.82, 2.24) is 4.98 Å². The third kappa shape index (κ3) is 2.96. The van der Waals surface area contributed by atoms with E-state index in [0.717, 1.165) is 33.4 Å². The summed E-state index contributed by atoms with van der Waals surface area (Å²) in [5.74, 6) is -0.110. The number of H-pyrrole nitrogens is 1. The Hall–Kier alpha value is -3.09. The second-order valence-corrected chi connectivity index (χ2v) is 6.28. The molecule has 2 aromatic carbocycles. The molecular weight excluding hydrogens is 330 g/mol. The summed E-state index contributed by atoms with van der Waals surface area (Å²) in [4.78, 5) is 15.5. The fraction of sp³-hybridized carbons (Fsp3) is 0.150. The number of aromatic amines is 1. The third-order valence-electron chi connectivity index (χ3n) is 4.48. The van der Waals surface area contributed by atoms with Crippen LogP contribution in [0.5, 0.6) is 0 Å². The predicted molar refractivity (Wildman–Crippen MR) is 103 cm³/mol. The molecular formula is C20H19N3O3. The summed E-state index contributed by atoms with van der Waals surface area (Å²) < 4.78 is 0. The molecule has 0 aliphatic carbocycles. The van der Waals surface area contributed by atoms with Crippen molar-refractivity contribution in [2.75, 3.05) is 23.8 Å². The van der Waals surface area contributed by atoms with Gasteiger partial charge in [-0.1, -0.05) is 18.2 Å². The topological polar surface area (TPSA) is 97.4 Å². The first-order valence-corrected chi connectivity index (χ1v) is 8.42. The van der Waals surface area contributed by atoms with Gasteiger partial charge in [-0.15, -0.1) is 0 Å². The summed E-state index contributed by atoms with van der Waals surface area (Å²) in [5.41, 5.74) is 5.05. The first-order chi connectivity index (χ1) is 12.7. The van der Waals surface area contributed by atoms with Crippen LogP contribution in [0.1, 0.15) is 11.1 Å². The SMILES string of the molecule is O=C1Nc2ccccc2C1=Cc1c[nH]c2ccc(NCC(O)CO)cc12. The number of rotatable bonds is 5. The highest BCUT2D eigenvalue weighted by molar-refractivity contribution is 6.35. The summed E-state index contributed by atoms with van der Waals surface area (Å²) in [6, 6.07) is 13.4. The van der Waals surface area contributed by atoms with Gasteiger partial charge in [0.2, 0.25) is 0 Å². The number of amides is 1. The molecule has 1 aliphatic rings. The standard InChI is InChI=1S/C20H19N3O3/c24-11-14(25)10-21-13-5-6-18-16(8-13)12(9-22-18)7-17-15-3-1-2-4-19(15)23-20(17)26/h1-9,14,21-22,24-25H,10-11H2,(H,23,26). The van der Waals surface area contributed by atoms with Gasteiger partial charge in [-0.25, -0.2) is 0 Å². The number of fused-ring (bicyclic) bond motifs is 2. The number of anilines is 2. The summed E-state index contributed by atoms with van der Waals surface area (Å²) in [5, 5.41) is 25.4. The number of aliphatic hydroxyl groups is 2. The number of aliphatic hydroxyl groups excluding tert-OH is 2. The van der Waals surface area contributed by atoms with Crippen LogP contribution >= 0.6 is 0 Å². The van der Waals surface area contributed by atoms with E-state index >= 15 is 0 Å². The highest BCUT2D eigenvalue weighted by Crippen LogP contribution is 2.34. The normalized spacial score (nSPS) is 15.9. The van der Waals surface area contributed by atoms with Crippen molar-refractivity contribution in [1.29, 1.82) is 0 Å². The monoisotopic (exact) mass is 349 g/mol. The van der Waals surface area contributed by atoms with E-state index < -0.39 is 6.10 Å². The van der Waals surface area contributed by atoms with Gasteiger partial charge >= 0.3 is 0 Å². The maximum Gasteiger partial charge on any atom is 0.256 e. The predicted octanol–water partition coefficient (Wildman–Crippen LogP) is 2.43. The van der Waals surface area contributed by atoms with Crippen LogP contribution in [0.25, 0.3) is 22.6 Å². The maximum atomic E-state index is 12.3. The molecule has 1 unspecified atom stereocenters. The van der Waals surface area contributed by atoms with E-state index in [0.29, 0.717) is 5.57 Å². The molecule has 4 rings (SSSR count). The largest absolute Gasteiger partial charge is 0.394 e. The molecule has 1 amide bonds. The van der Waals surface area contributed by atoms with Gasteiger partial charge in [0.1, 0.15) is 0 Å². The van der Waals surface area contributed by atoms with Crippen molar-refractivity contribution in [3.63, 3.8) is 0 Å². The Morgan fingerprint density at radius 2 is 2.04 bits per heavy atom. The van der Waals surface area contributed by atoms with E-state index in [1.165, 1.54) is 0 Å². The average Bonchev–Trinajstić information content (AvgIpc) is 3.21. The number of carbonyl (C=O) groups excluding carboxylic acids is 1. The lowest BCUT2D eigenvalue weighted by Crippen LogP contribution is -2.22. The van der Waals surface area contributed by atoms with Crippen molar-refractivity contribution in [3.05, 3.63) is 59.8 Å². The zero-order valence-electron chi connectivity index (χ0n) is 14.0. The van der Waals surface area contributed by atoms with Gasteiger partial charge in [0, 0.05) is 51.7 Å². The number of hydrogen-bond donors (Lipinski definition) is 5. The van der Waals surface area contributed by atoms with Crippen LogP contribution in [0.2, 0.25) is 0 Å². The first kappa shape index (κ1) is 16.4. The second kappa shape index (κ2) is 6.67. The van der Waals surface area contributed by atoms with Crippen LogP contribution in [0.15, 0.2) is 48.7 Å². The Morgan fingerprint density at radius 3 is 2.88 bits per heavy atom. The first-order valence-electron chi connectivity index (χ1n) is 8.42. The summed E-state index contributed by atoms with van der Waals surface area (Å²) in [6.07, 6.45) is 2.95. The van der Waals surface area contributed by atoms with Crippen LogP contribution in [-0.4, -0.2) is 40.4 Å². The summed E-state index contributed by atoms with van der Waals surface area (Å²) >= 11 is 0. The number of para-hydroxylation sites is 1. The molecule has 6 heteroatoms. The van der Waals surface area contributed by atoms with Crippen LogP contribution < -0.4 is 10.6 Å². The molecule has 1 aromatic heterocycles. The van der Waals surface area contributed by atoms with Crippen LogP contribution in [0.3, 0.4) is 0 Å². The number of carbonyl (C=O) groups is 1. The minimum absolute atomic E-state index is 0.110. The Kier molecular flexibility index (Phi) is 4.20. The summed E-state index contributed by atoms with van der Waals surface area (Å²) in [6.45, 7) is -0.0239. The third-order valence-corrected chi connectivity index (χ3v) is 4.48. The molecule has 0 saturated heterocycles. The van der Waals surface area contributed by atoms with E-state index in [1.54, 1.807) is 0 Å². The molecule has 0 radical (unpaired) electrons. The van der Waals surface area contributed by atoms with Crippen LogP contribution in [0.4, 0.5) is 11.4 Å². The highest BCUT2D eigenvalue weighted by Gasteiger charge is 2.23. The molecule has 1 aliphatic heterocycles. The van der Waals surface area contributed by atoms with Crippen molar-refractivity contribution in [3.8, 4) is 0 Å². The van der Waals surface area contributed by atoms with Gasteiger partial charge in [0.15, 0.2) is 0 Å². The lowest BCUT2D eigenvalue weighted by molar-refractivity contribution is -0.110. The molecule has 0 bridgehead atoms. The van der Waals surface area contributed by atoms with E-state index in [-0.39, 0.29) is 19.1 Å². The Balaban J connectivity index is 1.70. The molecule has 1 atom stereocenters. The van der Waals surface area contributed by atoms with Gasteiger partial charge in [-0.2, -0.15) is 0 Å². The molecule has 132 valence electrons. The summed E-state index contributed by atoms with van der Waals surface area (Å²) in [7, 11) is 0. The Labute approximate surface area is 150 Å². The fourth-order valence-electron chi connectivity index (χ4n) is 3.11. The lowest BCUT2D eigenvalue weighted by atomic mass is 10.0. The van der Waals surface area contributed by atoms with E-state index in [4.69, 9.17) is 5.11 Å². The number of nitrogens with one attached hydrogen (secondary N) is 3. The van der Waals surface area contributed by atoms with Crippen molar-refractivity contribution in [2.24, 2.45) is 0 Å². The highest BCUT2D eigenvalue weighted by atomic mass is 16.3. The molecule has 3 aromatic rings. The average molecular weight is 349 g/mol. The Morgan fingerprint density at radius 1 is 1.19 bits per heavy atom. The quantitative estimate of drug-likeness (QED) is 0.457. The van der Waals surface area contributed by atoms with Gasteiger partial charge in [-0.05, 0) is 30.3 Å². The molecule has 0 fully saturated rings. The number of hydrogen-bond acceptors (Lipinski definition) is 4. The van der Waals surface area contributed by atoms with Gasteiger partial charge in [-0.3, -0.25) is 4.79 Å². The molecule has 0 saturated carbocycles. The smallest absolute Gasteiger partial charge is 0.256 e. The molecule has 2 heterocycles. The zero-order valence-corrected chi connectivity index (χ0v) is 14.0. The van der Waals surface area contributed by atoms with Crippen molar-refractivity contribution in [2.45, 2.75) is 6.10 Å². The van der Waals surface area contributed by atoms with Gasteiger partial charge in [0.25, 0.3) is 5.91 Å². The van der Waals surface area contributed by atoms with Crippen molar-refractivity contribution >= 4 is 39.8 Å². The minimum Gasteiger partial charge on any atom is -0.394 e. The molecule has 6 nitrogen and oxygen atoms in total. The molecule has 0 spiro atoms. The Bertz CT molecular complexity index is 1010. The van der Waals surface area contributed by atoms with E-state index in [1.807, 2.05) is 54.7 Å². The lowest BCUT2D eigenvalue weighted by Gasteiger charge is -2.10. The second-order valence-electron chi connectivity index (χ2n) is 6.28. The van der Waals surface area contributed by atoms with Gasteiger partial charge < -0.3 is 25.8 Å². The van der Waals surface area contributed by atoms with Crippen molar-refractivity contribution < 1.29 is 15.0 Å². The minimum atomic E-state index is -0.808. The number of aromatic nitrogens is 1.